The van der Waals surface area contributed by atoms with E-state index in [0.717, 1.165) is 0 Å². The van der Waals surface area contributed by atoms with Crippen molar-refractivity contribution in [2.75, 3.05) is 21.3 Å². The van der Waals surface area contributed by atoms with Gasteiger partial charge in [0.1, 0.15) is 5.35 Å². The molecule has 0 saturated heterocycles. The molecular weight excluding hydrogens is 254 g/mol. The largest absolute Gasteiger partial charge is 0.778 e. The SMILES string of the molecule is COC(N)([SiH3])C(C)(OC)OC.O=S([O-])[SiH3]. The molecular formula is C6H20NO5SSi2-. The van der Waals surface area contributed by atoms with Crippen molar-refractivity contribution in [3.05, 3.63) is 0 Å². The predicted octanol–water partition coefficient (Wildman–Crippen LogP) is -3.23. The molecule has 0 rings (SSSR count). The highest BCUT2D eigenvalue weighted by molar-refractivity contribution is 8.01. The van der Waals surface area contributed by atoms with Crippen LogP contribution in [0.25, 0.3) is 0 Å². The van der Waals surface area contributed by atoms with Crippen molar-refractivity contribution in [2.24, 2.45) is 5.73 Å². The van der Waals surface area contributed by atoms with Gasteiger partial charge in [-0.3, -0.25) is 4.21 Å². The van der Waals surface area contributed by atoms with Crippen molar-refractivity contribution in [2.45, 2.75) is 18.1 Å². The molecule has 0 aromatic rings. The van der Waals surface area contributed by atoms with Crippen molar-refractivity contribution in [3.8, 4) is 0 Å². The van der Waals surface area contributed by atoms with Crippen molar-refractivity contribution in [1.82, 2.24) is 0 Å². The summed E-state index contributed by atoms with van der Waals surface area (Å²) in [6, 6.07) is 0. The van der Waals surface area contributed by atoms with E-state index < -0.39 is 21.7 Å². The molecule has 0 aromatic heterocycles. The summed E-state index contributed by atoms with van der Waals surface area (Å²) in [5.41, 5.74) is 5.81. The van der Waals surface area contributed by atoms with Crippen LogP contribution in [0.1, 0.15) is 6.92 Å². The highest BCUT2D eigenvalue weighted by atomic mass is 32.4. The van der Waals surface area contributed by atoms with Crippen LogP contribution in [0.15, 0.2) is 0 Å². The lowest BCUT2D eigenvalue weighted by Crippen LogP contribution is -2.62. The van der Waals surface area contributed by atoms with Crippen molar-refractivity contribution in [1.29, 1.82) is 0 Å². The number of nitrogens with two attached hydrogens (primary N) is 1. The van der Waals surface area contributed by atoms with E-state index in [4.69, 9.17) is 28.7 Å². The summed E-state index contributed by atoms with van der Waals surface area (Å²) in [6.07, 6.45) is 0. The lowest BCUT2D eigenvalue weighted by Gasteiger charge is -2.40. The maximum atomic E-state index is 9.06. The molecule has 0 spiro atoms. The first kappa shape index (κ1) is 17.8. The summed E-state index contributed by atoms with van der Waals surface area (Å²) in [5, 5.41) is -0.809. The molecule has 9 heteroatoms. The van der Waals surface area contributed by atoms with Gasteiger partial charge in [-0.1, -0.05) is 10.5 Å². The highest BCUT2D eigenvalue weighted by Crippen LogP contribution is 2.21. The first-order valence-electron chi connectivity index (χ1n) is 4.12. The Bertz CT molecular complexity index is 196. The minimum Gasteiger partial charge on any atom is -0.778 e. The quantitative estimate of drug-likeness (QED) is 0.329. The zero-order chi connectivity index (χ0) is 12.7. The van der Waals surface area contributed by atoms with E-state index in [0.29, 0.717) is 10.2 Å². The molecule has 0 aliphatic heterocycles. The van der Waals surface area contributed by atoms with E-state index in [2.05, 4.69) is 0 Å². The summed E-state index contributed by atoms with van der Waals surface area (Å²) in [7, 11) is 3.81. The van der Waals surface area contributed by atoms with Crippen LogP contribution in [0.2, 0.25) is 0 Å². The topological polar surface area (TPSA) is 93.8 Å². The number of ether oxygens (including phenoxy) is 3. The fourth-order valence-electron chi connectivity index (χ4n) is 0.674. The molecule has 0 heterocycles. The maximum Gasteiger partial charge on any atom is 0.203 e. The second-order valence-corrected chi connectivity index (χ2v) is 7.35. The molecule has 15 heavy (non-hydrogen) atoms. The third kappa shape index (κ3) is 6.53. The van der Waals surface area contributed by atoms with Gasteiger partial charge in [-0.25, -0.2) is 0 Å². The summed E-state index contributed by atoms with van der Waals surface area (Å²) < 4.78 is 33.4. The molecule has 0 radical (unpaired) electrons. The molecule has 94 valence electrons. The van der Waals surface area contributed by atoms with E-state index in [1.807, 2.05) is 0 Å². The van der Waals surface area contributed by atoms with Crippen LogP contribution < -0.4 is 5.73 Å². The number of hydrogen-bond acceptors (Lipinski definition) is 6. The average molecular weight is 274 g/mol. The van der Waals surface area contributed by atoms with E-state index in [-0.39, 0.29) is 9.39 Å². The van der Waals surface area contributed by atoms with Gasteiger partial charge in [-0.2, -0.15) is 0 Å². The summed E-state index contributed by atoms with van der Waals surface area (Å²) in [5.74, 6) is -0.853. The van der Waals surface area contributed by atoms with Crippen LogP contribution in [0.3, 0.4) is 0 Å². The summed E-state index contributed by atoms with van der Waals surface area (Å²) in [4.78, 5) is 0. The standard InChI is InChI=1S/C6H17NO3Si.H4O2SSi/c1-5(8-2,9-3)6(7,11)10-4;1-3(2)4/h7H2,1-4,11H3;4H3,(H,1,2)/p-1. The first-order valence-corrected chi connectivity index (χ1v) is 9.05. The van der Waals surface area contributed by atoms with Gasteiger partial charge in [0.25, 0.3) is 0 Å². The Balaban J connectivity index is 0. The minimum atomic E-state index is -1.72. The summed E-state index contributed by atoms with van der Waals surface area (Å²) >= 11 is 0. The van der Waals surface area contributed by atoms with Gasteiger partial charge in [-0.05, 0) is 6.92 Å². The Kier molecular flexibility index (Phi) is 9.03. The fourth-order valence-corrected chi connectivity index (χ4v) is 1.08. The lowest BCUT2D eigenvalue weighted by atomic mass is 10.3. The van der Waals surface area contributed by atoms with E-state index >= 15 is 0 Å². The Morgan fingerprint density at radius 2 is 1.53 bits per heavy atom. The van der Waals surface area contributed by atoms with Crippen LogP contribution in [0.4, 0.5) is 0 Å². The van der Waals surface area contributed by atoms with Gasteiger partial charge in [0.05, 0.1) is 19.6 Å². The van der Waals surface area contributed by atoms with Gasteiger partial charge in [0, 0.05) is 21.3 Å². The highest BCUT2D eigenvalue weighted by Gasteiger charge is 2.42. The average Bonchev–Trinajstić information content (AvgIpc) is 2.15. The van der Waals surface area contributed by atoms with Gasteiger partial charge >= 0.3 is 0 Å². The molecule has 2 N–H and O–H groups in total. The normalized spacial score (nSPS) is 17.7. The molecule has 0 fully saturated rings. The Hall–Kier alpha value is 0.384. The van der Waals surface area contributed by atoms with Gasteiger partial charge in [0.2, 0.25) is 5.79 Å². The van der Waals surface area contributed by atoms with Gasteiger partial charge in [-0.15, -0.1) is 0 Å². The van der Waals surface area contributed by atoms with Crippen LogP contribution in [-0.4, -0.2) is 60.9 Å². The van der Waals surface area contributed by atoms with Crippen molar-refractivity contribution in [3.63, 3.8) is 0 Å². The zero-order valence-electron chi connectivity index (χ0n) is 10.0. The van der Waals surface area contributed by atoms with Crippen molar-refractivity contribution >= 4 is 30.2 Å². The zero-order valence-corrected chi connectivity index (χ0v) is 14.8. The second kappa shape index (κ2) is 7.62. The molecule has 0 aliphatic carbocycles. The molecule has 0 bridgehead atoms. The second-order valence-electron chi connectivity index (χ2n) is 3.07. The van der Waals surface area contributed by atoms with Crippen LogP contribution in [0, 0.1) is 0 Å². The molecule has 0 saturated carbocycles. The maximum absolute atomic E-state index is 9.06. The number of rotatable bonds is 4. The van der Waals surface area contributed by atoms with Crippen LogP contribution >= 0.6 is 0 Å². The molecule has 0 aromatic carbocycles. The molecule has 6 nitrogen and oxygen atoms in total. The molecule has 0 aliphatic rings. The third-order valence-corrected chi connectivity index (χ3v) is 3.42. The third-order valence-electron chi connectivity index (χ3n) is 2.10. The van der Waals surface area contributed by atoms with E-state index in [1.54, 1.807) is 28.3 Å². The first-order chi connectivity index (χ1) is 6.66. The molecule has 2 unspecified atom stereocenters. The Labute approximate surface area is 98.6 Å². The van der Waals surface area contributed by atoms with Gasteiger partial charge in [0.15, 0.2) is 0 Å². The Morgan fingerprint density at radius 1 is 1.27 bits per heavy atom. The smallest absolute Gasteiger partial charge is 0.203 e. The Morgan fingerprint density at radius 3 is 1.60 bits per heavy atom. The lowest BCUT2D eigenvalue weighted by molar-refractivity contribution is -0.268. The number of hydrogen-bond donors (Lipinski definition) is 1. The van der Waals surface area contributed by atoms with Crippen LogP contribution in [-0.2, 0) is 24.7 Å². The van der Waals surface area contributed by atoms with Gasteiger partial charge < -0.3 is 24.5 Å². The minimum absolute atomic E-state index is 0.265. The molecule has 0 amide bonds. The predicted molar refractivity (Wildman–Crippen MR) is 65.1 cm³/mol. The number of methoxy groups -OCH3 is 3. The van der Waals surface area contributed by atoms with E-state index in [9.17, 15) is 0 Å². The fraction of sp³-hybridized carbons (Fsp3) is 1.00. The summed E-state index contributed by atoms with van der Waals surface area (Å²) in [6.45, 7) is 1.75. The van der Waals surface area contributed by atoms with Crippen LogP contribution in [0.5, 0.6) is 0 Å². The van der Waals surface area contributed by atoms with E-state index in [1.165, 1.54) is 0 Å². The van der Waals surface area contributed by atoms with Crippen molar-refractivity contribution < 1.29 is 23.0 Å². The monoisotopic (exact) mass is 274 g/mol. The molecule has 2 atom stereocenters.